The van der Waals surface area contributed by atoms with Crippen molar-refractivity contribution in [3.63, 3.8) is 0 Å². The summed E-state index contributed by atoms with van der Waals surface area (Å²) in [6.07, 6.45) is 7.08. The predicted molar refractivity (Wildman–Crippen MR) is 98.2 cm³/mol. The van der Waals surface area contributed by atoms with E-state index < -0.39 is 0 Å². The van der Waals surface area contributed by atoms with Gasteiger partial charge in [-0.25, -0.2) is 4.98 Å². The van der Waals surface area contributed by atoms with Crippen molar-refractivity contribution in [1.29, 1.82) is 0 Å². The first kappa shape index (κ1) is 14.6. The van der Waals surface area contributed by atoms with Crippen LogP contribution in [0, 0.1) is 5.92 Å². The zero-order valence-corrected chi connectivity index (χ0v) is 14.1. The standard InChI is InChI=1S/C19H21N5O/c1-24-12-17(11-22-24)14-2-3-15-10-21-18(9-16(15)8-14)23-19(25)13-4-6-20-7-5-13/h2-3,8-13,20H,4-7H2,1H3,(H,21,23,25)/i9D. The van der Waals surface area contributed by atoms with Crippen molar-refractivity contribution in [2.45, 2.75) is 12.8 Å². The molecule has 0 radical (unpaired) electrons. The first-order chi connectivity index (χ1) is 12.6. The maximum Gasteiger partial charge on any atom is 0.228 e. The Bertz CT molecular complexity index is 962. The maximum atomic E-state index is 12.5. The summed E-state index contributed by atoms with van der Waals surface area (Å²) in [4.78, 5) is 16.8. The van der Waals surface area contributed by atoms with E-state index in [2.05, 4.69) is 20.7 Å². The molecule has 4 rings (SSSR count). The van der Waals surface area contributed by atoms with Gasteiger partial charge in [0, 0.05) is 36.3 Å². The number of fused-ring (bicyclic) bond motifs is 1. The van der Waals surface area contributed by atoms with Gasteiger partial charge in [-0.3, -0.25) is 9.48 Å². The Hall–Kier alpha value is -2.73. The number of pyridine rings is 1. The smallest absolute Gasteiger partial charge is 0.228 e. The Morgan fingerprint density at radius 2 is 2.12 bits per heavy atom. The van der Waals surface area contributed by atoms with Gasteiger partial charge in [0.25, 0.3) is 0 Å². The second-order valence-electron chi connectivity index (χ2n) is 6.45. The number of amides is 1. The number of nitrogens with zero attached hydrogens (tertiary/aromatic N) is 3. The van der Waals surface area contributed by atoms with Gasteiger partial charge in [-0.1, -0.05) is 12.1 Å². The summed E-state index contributed by atoms with van der Waals surface area (Å²) in [6.45, 7) is 1.71. The quantitative estimate of drug-likeness (QED) is 0.771. The van der Waals surface area contributed by atoms with Gasteiger partial charge < -0.3 is 10.6 Å². The van der Waals surface area contributed by atoms with Gasteiger partial charge in [-0.05, 0) is 49.0 Å². The Labute approximate surface area is 147 Å². The van der Waals surface area contributed by atoms with Crippen molar-refractivity contribution in [1.82, 2.24) is 20.1 Å². The molecule has 0 atom stereocenters. The first-order valence-corrected chi connectivity index (χ1v) is 8.52. The molecule has 1 saturated heterocycles. The maximum absolute atomic E-state index is 12.5. The lowest BCUT2D eigenvalue weighted by Crippen LogP contribution is -2.34. The van der Waals surface area contributed by atoms with Crippen LogP contribution in [0.3, 0.4) is 0 Å². The van der Waals surface area contributed by atoms with E-state index in [-0.39, 0.29) is 17.9 Å². The number of aromatic nitrogens is 3. The molecular weight excluding hydrogens is 314 g/mol. The summed E-state index contributed by atoms with van der Waals surface area (Å²) in [6, 6.07) is 6.14. The van der Waals surface area contributed by atoms with Crippen molar-refractivity contribution in [2.24, 2.45) is 13.0 Å². The molecule has 6 nitrogen and oxygen atoms in total. The minimum atomic E-state index is -0.0461. The number of benzene rings is 1. The molecule has 0 bridgehead atoms. The molecule has 3 aromatic rings. The largest absolute Gasteiger partial charge is 0.317 e. The van der Waals surface area contributed by atoms with Crippen LogP contribution in [0.4, 0.5) is 5.82 Å². The van der Waals surface area contributed by atoms with Crippen molar-refractivity contribution < 1.29 is 6.17 Å². The van der Waals surface area contributed by atoms with Gasteiger partial charge in [0.2, 0.25) is 5.91 Å². The minimum Gasteiger partial charge on any atom is -0.317 e. The van der Waals surface area contributed by atoms with Crippen LogP contribution in [0.15, 0.2) is 42.8 Å². The van der Waals surface area contributed by atoms with E-state index in [0.29, 0.717) is 5.82 Å². The Balaban J connectivity index is 1.65. The van der Waals surface area contributed by atoms with E-state index in [9.17, 15) is 4.79 Å². The predicted octanol–water partition coefficient (Wildman–Crippen LogP) is 2.57. The third-order valence-corrected chi connectivity index (χ3v) is 4.63. The lowest BCUT2D eigenvalue weighted by Gasteiger charge is -2.21. The third kappa shape index (κ3) is 3.39. The molecule has 3 heterocycles. The first-order valence-electron chi connectivity index (χ1n) is 9.02. The minimum absolute atomic E-state index is 0.0186. The Morgan fingerprint density at radius 3 is 2.88 bits per heavy atom. The number of hydrogen-bond acceptors (Lipinski definition) is 4. The van der Waals surface area contributed by atoms with E-state index in [0.717, 1.165) is 47.8 Å². The van der Waals surface area contributed by atoms with E-state index in [1.807, 2.05) is 31.4 Å². The zero-order chi connectivity index (χ0) is 18.1. The molecule has 6 heteroatoms. The number of anilines is 1. The average Bonchev–Trinajstić information content (AvgIpc) is 3.11. The highest BCUT2D eigenvalue weighted by Gasteiger charge is 2.21. The van der Waals surface area contributed by atoms with Gasteiger partial charge >= 0.3 is 0 Å². The van der Waals surface area contributed by atoms with Crippen LogP contribution in [0.5, 0.6) is 0 Å². The fourth-order valence-corrected chi connectivity index (χ4v) is 3.19. The molecular formula is C19H21N5O. The van der Waals surface area contributed by atoms with Crippen molar-refractivity contribution in [2.75, 3.05) is 18.4 Å². The molecule has 128 valence electrons. The average molecular weight is 336 g/mol. The molecule has 2 N–H and O–H groups in total. The van der Waals surface area contributed by atoms with E-state index in [1.54, 1.807) is 17.1 Å². The van der Waals surface area contributed by atoms with Crippen LogP contribution in [-0.2, 0) is 11.8 Å². The summed E-state index contributed by atoms with van der Waals surface area (Å²) in [7, 11) is 1.87. The second kappa shape index (κ2) is 6.64. The number of hydrogen-bond donors (Lipinski definition) is 2. The number of carbonyl (C=O) groups excluding carboxylic acids is 1. The van der Waals surface area contributed by atoms with Crippen molar-refractivity contribution in [3.05, 3.63) is 42.8 Å². The zero-order valence-electron chi connectivity index (χ0n) is 15.1. The van der Waals surface area contributed by atoms with Crippen LogP contribution in [0.1, 0.15) is 14.2 Å². The van der Waals surface area contributed by atoms with Crippen LogP contribution >= 0.6 is 0 Å². The van der Waals surface area contributed by atoms with Gasteiger partial charge in [-0.15, -0.1) is 0 Å². The summed E-state index contributed by atoms with van der Waals surface area (Å²) in [5, 5.41) is 11.9. The second-order valence-corrected chi connectivity index (χ2v) is 6.45. The number of rotatable bonds is 3. The SMILES string of the molecule is [2H]c1c(NC(=O)C2CCNCC2)ncc2ccc(-c3cnn(C)c3)cc12. The summed E-state index contributed by atoms with van der Waals surface area (Å²) < 4.78 is 10.2. The van der Waals surface area contributed by atoms with Crippen LogP contribution in [-0.4, -0.2) is 33.8 Å². The molecule has 1 aliphatic heterocycles. The van der Waals surface area contributed by atoms with Gasteiger partial charge in [-0.2, -0.15) is 5.10 Å². The van der Waals surface area contributed by atoms with E-state index in [1.165, 1.54) is 0 Å². The summed E-state index contributed by atoms with van der Waals surface area (Å²) in [5.41, 5.74) is 1.98. The molecule has 25 heavy (non-hydrogen) atoms. The van der Waals surface area contributed by atoms with Gasteiger partial charge in [0.1, 0.15) is 5.82 Å². The molecule has 0 saturated carbocycles. The molecule has 1 fully saturated rings. The third-order valence-electron chi connectivity index (χ3n) is 4.63. The molecule has 1 amide bonds. The highest BCUT2D eigenvalue weighted by atomic mass is 16.1. The topological polar surface area (TPSA) is 71.8 Å². The Kier molecular flexibility index (Phi) is 3.88. The lowest BCUT2D eigenvalue weighted by atomic mass is 9.97. The fourth-order valence-electron chi connectivity index (χ4n) is 3.19. The summed E-state index contributed by atoms with van der Waals surface area (Å²) in [5.74, 6) is 0.259. The number of carbonyl (C=O) groups is 1. The Morgan fingerprint density at radius 1 is 1.28 bits per heavy atom. The highest BCUT2D eigenvalue weighted by molar-refractivity contribution is 5.95. The van der Waals surface area contributed by atoms with Crippen molar-refractivity contribution >= 4 is 22.5 Å². The number of aryl methyl sites for hydroxylation is 1. The molecule has 2 aromatic heterocycles. The van der Waals surface area contributed by atoms with Gasteiger partial charge in [0.05, 0.1) is 7.57 Å². The molecule has 0 spiro atoms. The molecule has 1 aliphatic rings. The molecule has 1 aromatic carbocycles. The monoisotopic (exact) mass is 336 g/mol. The van der Waals surface area contributed by atoms with Crippen molar-refractivity contribution in [3.8, 4) is 11.1 Å². The van der Waals surface area contributed by atoms with E-state index >= 15 is 0 Å². The summed E-state index contributed by atoms with van der Waals surface area (Å²) >= 11 is 0. The fraction of sp³-hybridized carbons (Fsp3) is 0.316. The number of piperidine rings is 1. The molecule has 0 aliphatic carbocycles. The van der Waals surface area contributed by atoms with Crippen LogP contribution in [0.25, 0.3) is 21.9 Å². The molecule has 0 unspecified atom stereocenters. The normalized spacial score (nSPS) is 16.0. The van der Waals surface area contributed by atoms with Crippen LogP contribution < -0.4 is 10.6 Å². The lowest BCUT2D eigenvalue weighted by molar-refractivity contribution is -0.120. The highest BCUT2D eigenvalue weighted by Crippen LogP contribution is 2.25. The van der Waals surface area contributed by atoms with E-state index in [4.69, 9.17) is 1.37 Å². The van der Waals surface area contributed by atoms with Crippen LogP contribution in [0.2, 0.25) is 0 Å². The number of nitrogens with one attached hydrogen (secondary N) is 2. The van der Waals surface area contributed by atoms with Gasteiger partial charge in [0.15, 0.2) is 0 Å².